The summed E-state index contributed by atoms with van der Waals surface area (Å²) in [5.74, 6) is 0.399. The molecule has 0 aromatic heterocycles. The van der Waals surface area contributed by atoms with Crippen LogP contribution in [0.3, 0.4) is 0 Å². The van der Waals surface area contributed by atoms with Gasteiger partial charge in [-0.05, 0) is 44.7 Å². The SMILES string of the molecule is Cc1cccc(C(O)CCN2CCC(C(C)O)C2)c1. The van der Waals surface area contributed by atoms with Crippen molar-refractivity contribution >= 4 is 0 Å². The van der Waals surface area contributed by atoms with Crippen LogP contribution < -0.4 is 0 Å². The van der Waals surface area contributed by atoms with Crippen LogP contribution in [0.25, 0.3) is 0 Å². The molecule has 1 fully saturated rings. The second kappa shape index (κ2) is 6.51. The lowest BCUT2D eigenvalue weighted by molar-refractivity contribution is 0.121. The molecule has 0 aliphatic carbocycles. The summed E-state index contributed by atoms with van der Waals surface area (Å²) in [7, 11) is 0. The van der Waals surface area contributed by atoms with Crippen molar-refractivity contribution in [1.82, 2.24) is 4.90 Å². The van der Waals surface area contributed by atoms with Gasteiger partial charge < -0.3 is 15.1 Å². The van der Waals surface area contributed by atoms with E-state index in [-0.39, 0.29) is 12.2 Å². The Kier molecular flexibility index (Phi) is 4.97. The van der Waals surface area contributed by atoms with Gasteiger partial charge in [-0.1, -0.05) is 29.8 Å². The van der Waals surface area contributed by atoms with E-state index >= 15 is 0 Å². The van der Waals surface area contributed by atoms with Crippen molar-refractivity contribution in [3.8, 4) is 0 Å². The molecular formula is C16H25NO2. The Morgan fingerprint density at radius 2 is 2.16 bits per heavy atom. The molecule has 1 heterocycles. The predicted octanol–water partition coefficient (Wildman–Crippen LogP) is 2.12. The maximum Gasteiger partial charge on any atom is 0.0802 e. The van der Waals surface area contributed by atoms with E-state index in [1.54, 1.807) is 0 Å². The molecule has 1 saturated heterocycles. The summed E-state index contributed by atoms with van der Waals surface area (Å²) in [5, 5.41) is 19.8. The zero-order valence-electron chi connectivity index (χ0n) is 11.9. The quantitative estimate of drug-likeness (QED) is 0.855. The van der Waals surface area contributed by atoms with Crippen molar-refractivity contribution in [2.75, 3.05) is 19.6 Å². The minimum atomic E-state index is -0.384. The maximum absolute atomic E-state index is 10.2. The lowest BCUT2D eigenvalue weighted by Crippen LogP contribution is -2.26. The van der Waals surface area contributed by atoms with Crippen LogP contribution in [-0.4, -0.2) is 40.9 Å². The second-order valence-electron chi connectivity index (χ2n) is 5.81. The second-order valence-corrected chi connectivity index (χ2v) is 5.81. The molecule has 3 atom stereocenters. The van der Waals surface area contributed by atoms with Gasteiger partial charge in [-0.2, -0.15) is 0 Å². The number of rotatable bonds is 5. The fourth-order valence-electron chi connectivity index (χ4n) is 2.81. The fraction of sp³-hybridized carbons (Fsp3) is 0.625. The number of aliphatic hydroxyl groups excluding tert-OH is 2. The molecule has 3 heteroatoms. The Bertz CT molecular complexity index is 405. The third-order valence-electron chi connectivity index (χ3n) is 4.14. The summed E-state index contributed by atoms with van der Waals surface area (Å²) >= 11 is 0. The van der Waals surface area contributed by atoms with Crippen LogP contribution >= 0.6 is 0 Å². The number of aliphatic hydroxyl groups is 2. The molecule has 1 aliphatic rings. The van der Waals surface area contributed by atoms with E-state index in [9.17, 15) is 10.2 Å². The molecular weight excluding hydrogens is 238 g/mol. The number of aryl methyl sites for hydroxylation is 1. The molecule has 3 nitrogen and oxygen atoms in total. The average Bonchev–Trinajstić information content (AvgIpc) is 2.85. The summed E-state index contributed by atoms with van der Waals surface area (Å²) in [4.78, 5) is 2.34. The molecule has 106 valence electrons. The Hall–Kier alpha value is -0.900. The van der Waals surface area contributed by atoms with Crippen LogP contribution in [0, 0.1) is 12.8 Å². The third-order valence-corrected chi connectivity index (χ3v) is 4.14. The largest absolute Gasteiger partial charge is 0.393 e. The van der Waals surface area contributed by atoms with Gasteiger partial charge in [0.1, 0.15) is 0 Å². The van der Waals surface area contributed by atoms with Crippen LogP contribution in [0.1, 0.15) is 37.0 Å². The lowest BCUT2D eigenvalue weighted by atomic mass is 10.0. The number of likely N-dealkylation sites (tertiary alicyclic amines) is 1. The van der Waals surface area contributed by atoms with E-state index in [2.05, 4.69) is 4.90 Å². The summed E-state index contributed by atoms with van der Waals surface area (Å²) in [6.07, 6.45) is 1.23. The van der Waals surface area contributed by atoms with E-state index in [0.717, 1.165) is 38.0 Å². The molecule has 1 aromatic carbocycles. The highest BCUT2D eigenvalue weighted by Crippen LogP contribution is 2.22. The van der Waals surface area contributed by atoms with Crippen LogP contribution in [0.4, 0.5) is 0 Å². The molecule has 2 rings (SSSR count). The normalized spacial score (nSPS) is 23.5. The van der Waals surface area contributed by atoms with Gasteiger partial charge in [-0.15, -0.1) is 0 Å². The predicted molar refractivity (Wildman–Crippen MR) is 77.0 cm³/mol. The molecule has 0 saturated carbocycles. The van der Waals surface area contributed by atoms with E-state index in [1.165, 1.54) is 5.56 Å². The van der Waals surface area contributed by atoms with Gasteiger partial charge >= 0.3 is 0 Å². The zero-order valence-corrected chi connectivity index (χ0v) is 11.9. The monoisotopic (exact) mass is 263 g/mol. The first kappa shape index (κ1) is 14.5. The molecule has 0 radical (unpaired) electrons. The molecule has 1 aliphatic heterocycles. The van der Waals surface area contributed by atoms with Crippen molar-refractivity contribution in [1.29, 1.82) is 0 Å². The van der Waals surface area contributed by atoms with E-state index in [1.807, 2.05) is 38.1 Å². The summed E-state index contributed by atoms with van der Waals surface area (Å²) < 4.78 is 0. The third kappa shape index (κ3) is 4.03. The maximum atomic E-state index is 10.2. The summed E-state index contributed by atoms with van der Waals surface area (Å²) in [6, 6.07) is 8.07. The Balaban J connectivity index is 1.80. The van der Waals surface area contributed by atoms with Crippen LogP contribution in [0.5, 0.6) is 0 Å². The van der Waals surface area contributed by atoms with Gasteiger partial charge in [0, 0.05) is 13.1 Å². The molecule has 2 N–H and O–H groups in total. The van der Waals surface area contributed by atoms with Crippen molar-refractivity contribution in [3.05, 3.63) is 35.4 Å². The Labute approximate surface area is 115 Å². The van der Waals surface area contributed by atoms with Gasteiger partial charge in [-0.3, -0.25) is 0 Å². The fourth-order valence-corrected chi connectivity index (χ4v) is 2.81. The molecule has 1 aromatic rings. The van der Waals surface area contributed by atoms with E-state index < -0.39 is 0 Å². The zero-order chi connectivity index (χ0) is 13.8. The highest BCUT2D eigenvalue weighted by Gasteiger charge is 2.25. The number of nitrogens with zero attached hydrogens (tertiary/aromatic N) is 1. The average molecular weight is 263 g/mol. The van der Waals surface area contributed by atoms with Crippen molar-refractivity contribution < 1.29 is 10.2 Å². The van der Waals surface area contributed by atoms with Crippen molar-refractivity contribution in [2.45, 2.75) is 38.9 Å². The standard InChI is InChI=1S/C16H25NO2/c1-12-4-3-5-14(10-12)16(19)7-9-17-8-6-15(11-17)13(2)18/h3-5,10,13,15-16,18-19H,6-9,11H2,1-2H3. The van der Waals surface area contributed by atoms with E-state index in [4.69, 9.17) is 0 Å². The molecule has 3 unspecified atom stereocenters. The molecule has 0 amide bonds. The van der Waals surface area contributed by atoms with Gasteiger partial charge in [0.25, 0.3) is 0 Å². The lowest BCUT2D eigenvalue weighted by Gasteiger charge is -2.19. The Morgan fingerprint density at radius 1 is 1.37 bits per heavy atom. The van der Waals surface area contributed by atoms with Crippen molar-refractivity contribution in [2.24, 2.45) is 5.92 Å². The minimum Gasteiger partial charge on any atom is -0.393 e. The first-order valence-corrected chi connectivity index (χ1v) is 7.21. The molecule has 0 spiro atoms. The van der Waals surface area contributed by atoms with Gasteiger partial charge in [0.15, 0.2) is 0 Å². The first-order chi connectivity index (χ1) is 9.06. The number of hydrogen-bond donors (Lipinski definition) is 2. The molecule has 19 heavy (non-hydrogen) atoms. The highest BCUT2D eigenvalue weighted by atomic mass is 16.3. The first-order valence-electron chi connectivity index (χ1n) is 7.21. The Morgan fingerprint density at radius 3 is 2.79 bits per heavy atom. The van der Waals surface area contributed by atoms with Crippen molar-refractivity contribution in [3.63, 3.8) is 0 Å². The van der Waals surface area contributed by atoms with Gasteiger partial charge in [0.2, 0.25) is 0 Å². The number of benzene rings is 1. The topological polar surface area (TPSA) is 43.7 Å². The highest BCUT2D eigenvalue weighted by molar-refractivity contribution is 5.23. The van der Waals surface area contributed by atoms with Gasteiger partial charge in [0.05, 0.1) is 12.2 Å². The minimum absolute atomic E-state index is 0.216. The van der Waals surface area contributed by atoms with E-state index in [0.29, 0.717) is 5.92 Å². The van der Waals surface area contributed by atoms with Gasteiger partial charge in [-0.25, -0.2) is 0 Å². The molecule has 0 bridgehead atoms. The van der Waals surface area contributed by atoms with Crippen LogP contribution in [-0.2, 0) is 0 Å². The number of hydrogen-bond acceptors (Lipinski definition) is 3. The van der Waals surface area contributed by atoms with Crippen LogP contribution in [0.15, 0.2) is 24.3 Å². The summed E-state index contributed by atoms with van der Waals surface area (Å²) in [6.45, 7) is 6.81. The summed E-state index contributed by atoms with van der Waals surface area (Å²) in [5.41, 5.74) is 2.19. The van der Waals surface area contributed by atoms with Crippen LogP contribution in [0.2, 0.25) is 0 Å². The smallest absolute Gasteiger partial charge is 0.0802 e.